The number of nitro groups is 1. The fourth-order valence-corrected chi connectivity index (χ4v) is 2.42. The number of para-hydroxylation sites is 1. The Morgan fingerprint density at radius 2 is 2.12 bits per heavy atom. The van der Waals surface area contributed by atoms with Crippen molar-refractivity contribution in [3.05, 3.63) is 81.8 Å². The topological polar surface area (TPSA) is 86.7 Å². The van der Waals surface area contributed by atoms with Crippen LogP contribution in [0.5, 0.6) is 0 Å². The molecule has 1 aromatic carbocycles. The van der Waals surface area contributed by atoms with Gasteiger partial charge in [-0.2, -0.15) is 0 Å². The van der Waals surface area contributed by atoms with Crippen LogP contribution in [0.25, 0.3) is 11.7 Å². The highest BCUT2D eigenvalue weighted by atomic mass is 16.6. The van der Waals surface area contributed by atoms with Crippen molar-refractivity contribution in [3.63, 3.8) is 0 Å². The summed E-state index contributed by atoms with van der Waals surface area (Å²) in [5.74, 6) is -0.591. The van der Waals surface area contributed by atoms with Gasteiger partial charge in [0.25, 0.3) is 5.69 Å². The molecule has 0 aliphatic heterocycles. The maximum atomic E-state index is 11.8. The molecule has 3 rings (SSSR count). The quantitative estimate of drug-likeness (QED) is 0.308. The molecule has 0 radical (unpaired) electrons. The van der Waals surface area contributed by atoms with Gasteiger partial charge in [-0.1, -0.05) is 18.2 Å². The van der Waals surface area contributed by atoms with Crippen molar-refractivity contribution in [3.8, 4) is 0 Å². The van der Waals surface area contributed by atoms with Gasteiger partial charge in [0.1, 0.15) is 12.3 Å². The van der Waals surface area contributed by atoms with Gasteiger partial charge < -0.3 is 9.14 Å². The second-order valence-corrected chi connectivity index (χ2v) is 5.41. The second kappa shape index (κ2) is 6.96. The molecule has 0 amide bonds. The minimum Gasteiger partial charge on any atom is -0.456 e. The average Bonchev–Trinajstić information content (AvgIpc) is 3.03. The maximum absolute atomic E-state index is 11.8. The third-order valence-electron chi connectivity index (χ3n) is 3.62. The summed E-state index contributed by atoms with van der Waals surface area (Å²) in [7, 11) is 0. The van der Waals surface area contributed by atoms with Crippen molar-refractivity contribution in [2.45, 2.75) is 13.5 Å². The van der Waals surface area contributed by atoms with Crippen LogP contribution in [0.3, 0.4) is 0 Å². The van der Waals surface area contributed by atoms with Gasteiger partial charge in [-0.3, -0.25) is 10.1 Å². The number of esters is 1. The van der Waals surface area contributed by atoms with Gasteiger partial charge in [0.2, 0.25) is 0 Å². The predicted octanol–water partition coefficient (Wildman–Crippen LogP) is 3.31. The molecule has 0 atom stereocenters. The Balaban J connectivity index is 1.66. The number of fused-ring (bicyclic) bond motifs is 1. The van der Waals surface area contributed by atoms with E-state index >= 15 is 0 Å². The molecule has 25 heavy (non-hydrogen) atoms. The number of carbonyl (C=O) groups excluding carboxylic acids is 1. The molecule has 126 valence electrons. The highest BCUT2D eigenvalue weighted by Crippen LogP contribution is 2.19. The van der Waals surface area contributed by atoms with Crippen molar-refractivity contribution in [1.82, 2.24) is 9.38 Å². The fraction of sp³-hybridized carbons (Fsp3) is 0.111. The minimum atomic E-state index is -0.591. The first-order valence-corrected chi connectivity index (χ1v) is 7.56. The van der Waals surface area contributed by atoms with E-state index in [-0.39, 0.29) is 12.3 Å². The lowest BCUT2D eigenvalue weighted by Crippen LogP contribution is -2.01. The molecule has 0 aliphatic carbocycles. The third kappa shape index (κ3) is 3.72. The van der Waals surface area contributed by atoms with Crippen molar-refractivity contribution in [2.24, 2.45) is 0 Å². The largest absolute Gasteiger partial charge is 0.456 e. The van der Waals surface area contributed by atoms with Crippen molar-refractivity contribution < 1.29 is 14.5 Å². The first-order chi connectivity index (χ1) is 12.0. The molecule has 0 aliphatic rings. The number of pyridine rings is 1. The zero-order valence-corrected chi connectivity index (χ0v) is 13.5. The number of imidazole rings is 1. The SMILES string of the molecule is Cc1cccn2cc(COC(=O)/C=C/c3ccccc3[N+](=O)[O-])nc12. The first kappa shape index (κ1) is 16.4. The molecule has 0 N–H and O–H groups in total. The number of aromatic nitrogens is 2. The van der Waals surface area contributed by atoms with Gasteiger partial charge in [0, 0.05) is 24.5 Å². The number of hydrogen-bond donors (Lipinski definition) is 0. The van der Waals surface area contributed by atoms with Crippen LogP contribution in [0.4, 0.5) is 5.69 Å². The Kier molecular flexibility index (Phi) is 4.56. The molecule has 7 nitrogen and oxygen atoms in total. The Morgan fingerprint density at radius 1 is 1.32 bits per heavy atom. The number of carbonyl (C=O) groups is 1. The summed E-state index contributed by atoms with van der Waals surface area (Å²) in [6.45, 7) is 1.98. The normalized spacial score (nSPS) is 11.1. The summed E-state index contributed by atoms with van der Waals surface area (Å²) < 4.78 is 7.01. The lowest BCUT2D eigenvalue weighted by Gasteiger charge is -1.99. The average molecular weight is 337 g/mol. The summed E-state index contributed by atoms with van der Waals surface area (Å²) in [6.07, 6.45) is 6.20. The van der Waals surface area contributed by atoms with E-state index in [4.69, 9.17) is 4.74 Å². The standard InChI is InChI=1S/C18H15N3O4/c1-13-5-4-10-20-11-15(19-18(13)20)12-25-17(22)9-8-14-6-2-3-7-16(14)21(23)24/h2-11H,12H2,1H3/b9-8+. The number of rotatable bonds is 5. The lowest BCUT2D eigenvalue weighted by molar-refractivity contribution is -0.385. The summed E-state index contributed by atoms with van der Waals surface area (Å²) in [5, 5.41) is 10.9. The van der Waals surface area contributed by atoms with Gasteiger partial charge in [-0.25, -0.2) is 9.78 Å². The zero-order chi connectivity index (χ0) is 17.8. The zero-order valence-electron chi connectivity index (χ0n) is 13.5. The Morgan fingerprint density at radius 3 is 2.88 bits per heavy atom. The van der Waals surface area contributed by atoms with Gasteiger partial charge in [0.15, 0.2) is 0 Å². The third-order valence-corrected chi connectivity index (χ3v) is 3.62. The molecule has 0 saturated heterocycles. The van der Waals surface area contributed by atoms with Crippen LogP contribution in [-0.2, 0) is 16.1 Å². The number of ether oxygens (including phenoxy) is 1. The van der Waals surface area contributed by atoms with Gasteiger partial charge >= 0.3 is 5.97 Å². The molecule has 2 aromatic heterocycles. The predicted molar refractivity (Wildman–Crippen MR) is 91.9 cm³/mol. The van der Waals surface area contributed by atoms with Crippen LogP contribution in [0.15, 0.2) is 54.9 Å². The van der Waals surface area contributed by atoms with Crippen molar-refractivity contribution in [1.29, 1.82) is 0 Å². The number of hydrogen-bond acceptors (Lipinski definition) is 5. The van der Waals surface area contributed by atoms with Gasteiger partial charge in [-0.15, -0.1) is 0 Å². The molecule has 7 heteroatoms. The Labute approximate surface area is 143 Å². The Bertz CT molecular complexity index is 975. The summed E-state index contributed by atoms with van der Waals surface area (Å²) in [5.41, 5.74) is 2.73. The number of nitro benzene ring substituents is 1. The highest BCUT2D eigenvalue weighted by Gasteiger charge is 2.10. The van der Waals surface area contributed by atoms with E-state index in [9.17, 15) is 14.9 Å². The van der Waals surface area contributed by atoms with Gasteiger partial charge in [-0.05, 0) is 30.7 Å². The lowest BCUT2D eigenvalue weighted by atomic mass is 10.1. The molecule has 0 fully saturated rings. The molecule has 2 heterocycles. The van der Waals surface area contributed by atoms with E-state index in [1.807, 2.05) is 29.7 Å². The highest BCUT2D eigenvalue weighted by molar-refractivity contribution is 5.87. The van der Waals surface area contributed by atoms with E-state index in [2.05, 4.69) is 4.98 Å². The van der Waals surface area contributed by atoms with Crippen LogP contribution in [-0.4, -0.2) is 20.3 Å². The Hall–Kier alpha value is -3.48. The number of benzene rings is 1. The van der Waals surface area contributed by atoms with Crippen LogP contribution in [0, 0.1) is 17.0 Å². The van der Waals surface area contributed by atoms with E-state index in [0.717, 1.165) is 11.2 Å². The van der Waals surface area contributed by atoms with Crippen LogP contribution < -0.4 is 0 Å². The monoisotopic (exact) mass is 337 g/mol. The fourth-order valence-electron chi connectivity index (χ4n) is 2.42. The molecule has 0 bridgehead atoms. The number of nitrogens with zero attached hydrogens (tertiary/aromatic N) is 3. The van der Waals surface area contributed by atoms with Crippen LogP contribution >= 0.6 is 0 Å². The molecule has 0 saturated carbocycles. The minimum absolute atomic E-state index is 0.0289. The molecular formula is C18H15N3O4. The van der Waals surface area contributed by atoms with Crippen LogP contribution in [0.1, 0.15) is 16.8 Å². The van der Waals surface area contributed by atoms with E-state index < -0.39 is 10.9 Å². The van der Waals surface area contributed by atoms with Crippen molar-refractivity contribution in [2.75, 3.05) is 0 Å². The summed E-state index contributed by atoms with van der Waals surface area (Å²) in [6, 6.07) is 10.0. The van der Waals surface area contributed by atoms with E-state index in [0.29, 0.717) is 11.3 Å². The van der Waals surface area contributed by atoms with E-state index in [1.165, 1.54) is 18.2 Å². The van der Waals surface area contributed by atoms with Crippen LogP contribution in [0.2, 0.25) is 0 Å². The molecule has 0 spiro atoms. The second-order valence-electron chi connectivity index (χ2n) is 5.41. The molecule has 0 unspecified atom stereocenters. The summed E-state index contributed by atoms with van der Waals surface area (Å²) in [4.78, 5) is 26.7. The van der Waals surface area contributed by atoms with Crippen molar-refractivity contribution >= 4 is 23.4 Å². The maximum Gasteiger partial charge on any atom is 0.331 e. The summed E-state index contributed by atoms with van der Waals surface area (Å²) >= 11 is 0. The molecule has 3 aromatic rings. The molecular weight excluding hydrogens is 322 g/mol. The number of aryl methyl sites for hydroxylation is 1. The smallest absolute Gasteiger partial charge is 0.331 e. The van der Waals surface area contributed by atoms with E-state index in [1.54, 1.807) is 24.4 Å². The first-order valence-electron chi connectivity index (χ1n) is 7.56. The van der Waals surface area contributed by atoms with Gasteiger partial charge in [0.05, 0.1) is 16.2 Å².